The molecule has 2 aromatic carbocycles. The third-order valence-electron chi connectivity index (χ3n) is 3.98. The minimum atomic E-state index is -0.958. The number of carboxylic acids is 1. The van der Waals surface area contributed by atoms with Gasteiger partial charge in [-0.3, -0.25) is 0 Å². The van der Waals surface area contributed by atoms with E-state index in [-0.39, 0.29) is 5.56 Å². The lowest BCUT2D eigenvalue weighted by molar-refractivity contribution is 0.0693. The summed E-state index contributed by atoms with van der Waals surface area (Å²) in [6.45, 7) is 7.78. The molecule has 0 heterocycles. The number of hydrogen-bond donors (Lipinski definition) is 1. The quantitative estimate of drug-likeness (QED) is 0.905. The maximum atomic E-state index is 10.8. The molecule has 5 nitrogen and oxygen atoms in total. The third-order valence-corrected chi connectivity index (χ3v) is 3.98. The number of carboxylic acid groups (broad SMARTS) is 1. The Hall–Kier alpha value is -3.00. The molecule has 25 heavy (non-hydrogen) atoms. The molecule has 0 bridgehead atoms. The van der Waals surface area contributed by atoms with Crippen molar-refractivity contribution in [1.82, 2.24) is 0 Å². The molecule has 0 aliphatic rings. The molecule has 5 heteroatoms. The van der Waals surface area contributed by atoms with Gasteiger partial charge in [0.25, 0.3) is 0 Å². The van der Waals surface area contributed by atoms with Crippen LogP contribution in [0.5, 0.6) is 11.5 Å². The normalized spacial score (nSPS) is 9.48. The largest absolute Gasteiger partial charge is 0.496 e. The number of hydrogen-bond acceptors (Lipinski definition) is 4. The Kier molecular flexibility index (Phi) is 7.01. The topological polar surface area (TPSA) is 79.5 Å². The Balaban J connectivity index is 0.000000251. The van der Waals surface area contributed by atoms with Crippen molar-refractivity contribution < 1.29 is 19.4 Å². The van der Waals surface area contributed by atoms with Crippen molar-refractivity contribution in [1.29, 1.82) is 5.26 Å². The van der Waals surface area contributed by atoms with E-state index in [4.69, 9.17) is 19.8 Å². The third kappa shape index (κ3) is 4.98. The first kappa shape index (κ1) is 20.0. The number of aryl methyl sites for hydroxylation is 4. The number of ether oxygens (including phenoxy) is 2. The molecule has 0 radical (unpaired) electrons. The van der Waals surface area contributed by atoms with Crippen LogP contribution in [0.4, 0.5) is 0 Å². The summed E-state index contributed by atoms with van der Waals surface area (Å²) in [7, 11) is 3.04. The van der Waals surface area contributed by atoms with Crippen LogP contribution in [-0.4, -0.2) is 25.3 Å². The summed E-state index contributed by atoms with van der Waals surface area (Å²) in [5, 5.41) is 17.6. The van der Waals surface area contributed by atoms with Crippen molar-refractivity contribution >= 4 is 5.97 Å². The molecule has 2 rings (SSSR count). The summed E-state index contributed by atoms with van der Waals surface area (Å²) < 4.78 is 10.0. The Morgan fingerprint density at radius 2 is 1.32 bits per heavy atom. The molecule has 0 saturated heterocycles. The number of aromatic carboxylic acids is 1. The van der Waals surface area contributed by atoms with E-state index in [0.29, 0.717) is 17.1 Å². The Labute approximate surface area is 148 Å². The molecule has 2 aromatic rings. The summed E-state index contributed by atoms with van der Waals surface area (Å²) in [4.78, 5) is 10.8. The van der Waals surface area contributed by atoms with E-state index in [0.717, 1.165) is 22.3 Å². The van der Waals surface area contributed by atoms with Gasteiger partial charge in [-0.25, -0.2) is 4.79 Å². The molecule has 0 atom stereocenters. The molecule has 132 valence electrons. The van der Waals surface area contributed by atoms with Gasteiger partial charge in [-0.05, 0) is 74.2 Å². The lowest BCUT2D eigenvalue weighted by Crippen LogP contribution is -2.01. The average Bonchev–Trinajstić information content (AvgIpc) is 2.59. The molecule has 0 aliphatic heterocycles. The first-order chi connectivity index (χ1) is 11.7. The van der Waals surface area contributed by atoms with Crippen LogP contribution in [0, 0.1) is 39.0 Å². The van der Waals surface area contributed by atoms with Crippen LogP contribution < -0.4 is 9.47 Å². The van der Waals surface area contributed by atoms with Crippen molar-refractivity contribution in [3.63, 3.8) is 0 Å². The highest BCUT2D eigenvalue weighted by atomic mass is 16.5. The molecule has 0 saturated carbocycles. The van der Waals surface area contributed by atoms with E-state index in [2.05, 4.69) is 6.07 Å². The number of nitrogens with zero attached hydrogens (tertiary/aromatic N) is 1. The van der Waals surface area contributed by atoms with Gasteiger partial charge >= 0.3 is 5.97 Å². The fourth-order valence-corrected chi connectivity index (χ4v) is 2.17. The molecule has 0 aromatic heterocycles. The Bertz CT molecular complexity index is 819. The van der Waals surface area contributed by atoms with E-state index >= 15 is 0 Å². The molecule has 0 unspecified atom stereocenters. The second-order valence-corrected chi connectivity index (χ2v) is 5.69. The highest BCUT2D eigenvalue weighted by molar-refractivity contribution is 5.91. The summed E-state index contributed by atoms with van der Waals surface area (Å²) in [5.41, 5.74) is 5.06. The molecule has 0 spiro atoms. The van der Waals surface area contributed by atoms with Gasteiger partial charge in [-0.15, -0.1) is 0 Å². The summed E-state index contributed by atoms with van der Waals surface area (Å²) in [5.74, 6) is 0.108. The van der Waals surface area contributed by atoms with Gasteiger partial charge in [0.1, 0.15) is 23.1 Å². The van der Waals surface area contributed by atoms with E-state index < -0.39 is 5.97 Å². The van der Waals surface area contributed by atoms with Crippen molar-refractivity contribution in [3.8, 4) is 17.6 Å². The van der Waals surface area contributed by atoms with Crippen LogP contribution in [0.2, 0.25) is 0 Å². The van der Waals surface area contributed by atoms with E-state index in [9.17, 15) is 4.79 Å². The second-order valence-electron chi connectivity index (χ2n) is 5.69. The zero-order chi connectivity index (χ0) is 19.1. The van der Waals surface area contributed by atoms with Gasteiger partial charge in [0.2, 0.25) is 0 Å². The van der Waals surface area contributed by atoms with E-state index in [1.807, 2.05) is 39.8 Å². The van der Waals surface area contributed by atoms with Crippen molar-refractivity contribution in [2.75, 3.05) is 14.2 Å². The predicted molar refractivity (Wildman–Crippen MR) is 96.6 cm³/mol. The van der Waals surface area contributed by atoms with Crippen molar-refractivity contribution in [2.24, 2.45) is 0 Å². The lowest BCUT2D eigenvalue weighted by atomic mass is 10.1. The summed E-state index contributed by atoms with van der Waals surface area (Å²) in [6, 6.07) is 9.17. The Morgan fingerprint density at radius 1 is 0.880 bits per heavy atom. The van der Waals surface area contributed by atoms with Gasteiger partial charge in [-0.1, -0.05) is 0 Å². The fourth-order valence-electron chi connectivity index (χ4n) is 2.17. The smallest absolute Gasteiger partial charge is 0.339 e. The molecule has 0 amide bonds. The molecule has 0 fully saturated rings. The van der Waals surface area contributed by atoms with Crippen molar-refractivity contribution in [3.05, 3.63) is 57.6 Å². The maximum absolute atomic E-state index is 10.8. The molecular formula is C20H23NO4. The first-order valence-corrected chi connectivity index (χ1v) is 7.69. The number of methoxy groups -OCH3 is 2. The van der Waals surface area contributed by atoms with Crippen LogP contribution in [0.25, 0.3) is 0 Å². The lowest BCUT2D eigenvalue weighted by Gasteiger charge is -2.07. The van der Waals surface area contributed by atoms with Gasteiger partial charge in [0.05, 0.1) is 19.8 Å². The van der Waals surface area contributed by atoms with Crippen LogP contribution in [0.15, 0.2) is 24.3 Å². The van der Waals surface area contributed by atoms with Gasteiger partial charge in [-0.2, -0.15) is 5.26 Å². The zero-order valence-electron chi connectivity index (χ0n) is 15.4. The van der Waals surface area contributed by atoms with Gasteiger partial charge < -0.3 is 14.6 Å². The van der Waals surface area contributed by atoms with Crippen LogP contribution in [0.3, 0.4) is 0 Å². The highest BCUT2D eigenvalue weighted by Gasteiger charge is 2.11. The Morgan fingerprint density at radius 3 is 1.76 bits per heavy atom. The van der Waals surface area contributed by atoms with E-state index in [1.54, 1.807) is 19.2 Å². The number of benzene rings is 2. The van der Waals surface area contributed by atoms with Gasteiger partial charge in [0.15, 0.2) is 0 Å². The van der Waals surface area contributed by atoms with Crippen LogP contribution in [0.1, 0.15) is 38.2 Å². The second kappa shape index (κ2) is 8.74. The van der Waals surface area contributed by atoms with E-state index in [1.165, 1.54) is 7.11 Å². The fraction of sp³-hybridized carbons (Fsp3) is 0.300. The minimum absolute atomic E-state index is 0.214. The maximum Gasteiger partial charge on any atom is 0.339 e. The van der Waals surface area contributed by atoms with Gasteiger partial charge in [0, 0.05) is 0 Å². The van der Waals surface area contributed by atoms with Crippen molar-refractivity contribution in [2.45, 2.75) is 27.7 Å². The molecular weight excluding hydrogens is 318 g/mol. The number of carbonyl (C=O) groups is 1. The van der Waals surface area contributed by atoms with Crippen LogP contribution >= 0.6 is 0 Å². The SMILES string of the molecule is COc1cc(C)c(C)cc1C#N.COc1cc(C)c(C)cc1C(=O)O. The van der Waals surface area contributed by atoms with Crippen LogP contribution in [-0.2, 0) is 0 Å². The minimum Gasteiger partial charge on any atom is -0.496 e. The predicted octanol–water partition coefficient (Wildman–Crippen LogP) is 4.19. The monoisotopic (exact) mass is 341 g/mol. The molecule has 1 N–H and O–H groups in total. The molecule has 0 aliphatic carbocycles. The highest BCUT2D eigenvalue weighted by Crippen LogP contribution is 2.23. The number of rotatable bonds is 3. The summed E-state index contributed by atoms with van der Waals surface area (Å²) >= 11 is 0. The first-order valence-electron chi connectivity index (χ1n) is 7.69. The number of nitriles is 1. The zero-order valence-corrected chi connectivity index (χ0v) is 15.4. The standard InChI is InChI=1S/C10H11NO.C10H12O3/c1-7-4-9(6-11)10(12-3)5-8(7)2;1-6-4-8(10(11)12)9(13-3)5-7(6)2/h4-5H,1-3H3;4-5H,1-3H3,(H,11,12). The average molecular weight is 341 g/mol. The summed E-state index contributed by atoms with van der Waals surface area (Å²) in [6.07, 6.45) is 0.